The normalized spacial score (nSPS) is 15.9. The van der Waals surface area contributed by atoms with Crippen LogP contribution in [-0.4, -0.2) is 0 Å². The summed E-state index contributed by atoms with van der Waals surface area (Å²) in [5, 5.41) is 0. The molecule has 0 aromatic rings. The van der Waals surface area contributed by atoms with Gasteiger partial charge in [-0.3, -0.25) is 0 Å². The molecule has 0 aromatic carbocycles. The first kappa shape index (κ1) is 76.0. The average Bonchev–Trinajstić information content (AvgIpc) is 3.44. The van der Waals surface area contributed by atoms with E-state index in [0.29, 0.717) is 21.7 Å². The summed E-state index contributed by atoms with van der Waals surface area (Å²) < 4.78 is 0. The summed E-state index contributed by atoms with van der Waals surface area (Å²) in [6.45, 7) is 33.7. The summed E-state index contributed by atoms with van der Waals surface area (Å²) in [6.07, 6.45) is 83.0. The first-order valence-electron chi connectivity index (χ1n) is 37.0. The van der Waals surface area contributed by atoms with Crippen molar-refractivity contribution in [2.45, 2.75) is 456 Å². The van der Waals surface area contributed by atoms with Crippen molar-refractivity contribution in [2.24, 2.45) is 33.0 Å². The zero-order valence-electron chi connectivity index (χ0n) is 56.4. The fourth-order valence-corrected chi connectivity index (χ4v) is 17.1. The lowest BCUT2D eigenvalue weighted by Gasteiger charge is -2.73. The zero-order chi connectivity index (χ0) is 56.4. The maximum absolute atomic E-state index is 2.89. The van der Waals surface area contributed by atoms with Gasteiger partial charge in [-0.15, -0.1) is 0 Å². The van der Waals surface area contributed by atoms with Gasteiger partial charge in [0, 0.05) is 0 Å². The molecule has 0 heteroatoms. The summed E-state index contributed by atoms with van der Waals surface area (Å²) >= 11 is 0. The van der Waals surface area contributed by atoms with Crippen LogP contribution in [0.3, 0.4) is 0 Å². The second-order valence-corrected chi connectivity index (χ2v) is 28.1. The van der Waals surface area contributed by atoms with Crippen molar-refractivity contribution in [3.05, 3.63) is 0 Å². The molecule has 0 fully saturated rings. The molecule has 0 amide bonds. The van der Waals surface area contributed by atoms with Crippen molar-refractivity contribution in [3.63, 3.8) is 0 Å². The largest absolute Gasteiger partial charge is 0.0654 e. The molecule has 0 aliphatic carbocycles. The van der Waals surface area contributed by atoms with E-state index < -0.39 is 0 Å². The van der Waals surface area contributed by atoms with Gasteiger partial charge in [-0.2, -0.15) is 0 Å². The molecule has 0 rings (SSSR count). The van der Waals surface area contributed by atoms with E-state index in [1.807, 2.05) is 0 Å². The predicted molar refractivity (Wildman–Crippen MR) is 353 cm³/mol. The van der Waals surface area contributed by atoms with Crippen LogP contribution in [0.1, 0.15) is 456 Å². The van der Waals surface area contributed by atoms with Crippen LogP contribution in [0, 0.1) is 33.0 Å². The molecule has 0 aliphatic rings. The van der Waals surface area contributed by atoms with E-state index in [4.69, 9.17) is 0 Å². The molecule has 458 valence electrons. The molecule has 0 aromatic heterocycles. The summed E-state index contributed by atoms with van der Waals surface area (Å²) in [4.78, 5) is 0. The van der Waals surface area contributed by atoms with E-state index in [9.17, 15) is 0 Å². The Labute approximate surface area is 486 Å². The Morgan fingerprint density at radius 3 is 0.645 bits per heavy atom. The smallest absolute Gasteiger partial charge is 0.0161 e. The van der Waals surface area contributed by atoms with Crippen LogP contribution in [0.4, 0.5) is 0 Å². The van der Waals surface area contributed by atoms with E-state index in [0.717, 1.165) is 5.92 Å². The minimum atomic E-state index is 0.235. The van der Waals surface area contributed by atoms with Gasteiger partial charge < -0.3 is 0 Å². The van der Waals surface area contributed by atoms with Crippen LogP contribution in [0.2, 0.25) is 0 Å². The predicted octanol–water partition coefficient (Wildman–Crippen LogP) is 29.0. The monoisotopic (exact) mass is 1070 g/mol. The summed E-state index contributed by atoms with van der Waals surface area (Å²) in [7, 11) is 0. The van der Waals surface area contributed by atoms with Crippen molar-refractivity contribution >= 4 is 0 Å². The Hall–Kier alpha value is 0. The zero-order valence-corrected chi connectivity index (χ0v) is 56.4. The van der Waals surface area contributed by atoms with E-state index >= 15 is 0 Å². The maximum Gasteiger partial charge on any atom is -0.0161 e. The molecule has 0 radical (unpaired) electrons. The van der Waals surface area contributed by atoms with Crippen LogP contribution in [0.15, 0.2) is 0 Å². The molecule has 5 atom stereocenters. The quantitative estimate of drug-likeness (QED) is 0.0533. The fraction of sp³-hybridized carbons (Fsp3) is 1.00. The SMILES string of the molecule is CCCCCCCCCCCC(CCCCCCCCC)(CCCCCCCCCC)C(CCCCCCC)(CCCCCCCC)C(CCCCC)(CCCCCC)C(CCCCCCCC)(C(C)CC)C(C)(C)C. The molecule has 0 nitrogen and oxygen atoms in total. The van der Waals surface area contributed by atoms with E-state index in [-0.39, 0.29) is 5.41 Å². The summed E-state index contributed by atoms with van der Waals surface area (Å²) in [5.41, 5.74) is 1.64. The maximum atomic E-state index is 2.89. The highest BCUT2D eigenvalue weighted by atomic mass is 14.7. The van der Waals surface area contributed by atoms with Gasteiger partial charge in [0.15, 0.2) is 0 Å². The summed E-state index contributed by atoms with van der Waals surface area (Å²) in [5.74, 6) is 0.729. The van der Waals surface area contributed by atoms with Crippen LogP contribution >= 0.6 is 0 Å². The third kappa shape index (κ3) is 29.3. The Morgan fingerprint density at radius 2 is 0.395 bits per heavy atom. The Morgan fingerprint density at radius 1 is 0.211 bits per heavy atom. The molecule has 0 heterocycles. The lowest BCUT2D eigenvalue weighted by atomic mass is 9.31. The molecule has 0 saturated heterocycles. The Balaban J connectivity index is 9.20. The number of hydrogen-bond donors (Lipinski definition) is 0. The highest BCUT2D eigenvalue weighted by Gasteiger charge is 2.69. The van der Waals surface area contributed by atoms with E-state index in [1.54, 1.807) is 32.1 Å². The van der Waals surface area contributed by atoms with E-state index in [1.165, 1.54) is 334 Å². The van der Waals surface area contributed by atoms with Crippen molar-refractivity contribution in [3.8, 4) is 0 Å². The van der Waals surface area contributed by atoms with Crippen LogP contribution in [0.25, 0.3) is 0 Å². The first-order chi connectivity index (χ1) is 37.0. The van der Waals surface area contributed by atoms with Gasteiger partial charge in [0.1, 0.15) is 0 Å². The van der Waals surface area contributed by atoms with Gasteiger partial charge in [-0.1, -0.05) is 405 Å². The number of unbranched alkanes of at least 4 members (excludes halogenated alkanes) is 40. The van der Waals surface area contributed by atoms with Gasteiger partial charge >= 0.3 is 0 Å². The summed E-state index contributed by atoms with van der Waals surface area (Å²) in [6, 6.07) is 0. The molecule has 76 heavy (non-hydrogen) atoms. The van der Waals surface area contributed by atoms with Crippen molar-refractivity contribution < 1.29 is 0 Å². The molecule has 0 bridgehead atoms. The molecule has 0 aliphatic heterocycles. The van der Waals surface area contributed by atoms with Crippen molar-refractivity contribution in [1.82, 2.24) is 0 Å². The highest BCUT2D eigenvalue weighted by molar-refractivity contribution is 5.18. The topological polar surface area (TPSA) is 0 Å². The standard InChI is InChI=1S/C76H154/c1-14-23-31-38-43-45-48-52-58-65-73(63-56-50-46-40-33-25-16-3,64-57-51-47-44-39-32-24-15-2)74(66-60-49-36-28-19-6,67-61-53-41-34-26-17-4)75(68-55-30-21-8,69-59-37-29-20-7)76(71(10)22-9,72(11,12)13)70-62-54-42-35-27-18-5/h71H,14-70H2,1-13H3. The van der Waals surface area contributed by atoms with Crippen molar-refractivity contribution in [1.29, 1.82) is 0 Å². The molecule has 0 spiro atoms. The Bertz CT molecular complexity index is 1160. The van der Waals surface area contributed by atoms with E-state index in [2.05, 4.69) is 90.0 Å². The third-order valence-electron chi connectivity index (χ3n) is 21.4. The van der Waals surface area contributed by atoms with Crippen LogP contribution < -0.4 is 0 Å². The highest BCUT2D eigenvalue weighted by Crippen LogP contribution is 2.77. The molecular weight excluding hydrogens is 913 g/mol. The fourth-order valence-electron chi connectivity index (χ4n) is 17.1. The lowest BCUT2D eigenvalue weighted by molar-refractivity contribution is -0.247. The number of hydrogen-bond acceptors (Lipinski definition) is 0. The van der Waals surface area contributed by atoms with Gasteiger partial charge in [0.25, 0.3) is 0 Å². The second kappa shape index (κ2) is 50.7. The lowest BCUT2D eigenvalue weighted by Crippen LogP contribution is -2.66. The second-order valence-electron chi connectivity index (χ2n) is 28.1. The van der Waals surface area contributed by atoms with Gasteiger partial charge in [-0.05, 0) is 84.4 Å². The minimum absolute atomic E-state index is 0.235. The average molecular weight is 1070 g/mol. The Kier molecular flexibility index (Phi) is 50.7. The third-order valence-corrected chi connectivity index (χ3v) is 21.4. The minimum Gasteiger partial charge on any atom is -0.0654 e. The molecule has 0 saturated carbocycles. The first-order valence-corrected chi connectivity index (χ1v) is 37.0. The van der Waals surface area contributed by atoms with Gasteiger partial charge in [0.05, 0.1) is 0 Å². The molecular formula is C76H154. The molecule has 5 unspecified atom stereocenters. The number of rotatable bonds is 61. The van der Waals surface area contributed by atoms with Crippen molar-refractivity contribution in [2.75, 3.05) is 0 Å². The van der Waals surface area contributed by atoms with Gasteiger partial charge in [-0.25, -0.2) is 0 Å². The van der Waals surface area contributed by atoms with Crippen LogP contribution in [0.5, 0.6) is 0 Å². The van der Waals surface area contributed by atoms with Crippen LogP contribution in [-0.2, 0) is 0 Å². The van der Waals surface area contributed by atoms with Gasteiger partial charge in [0.2, 0.25) is 0 Å². The molecule has 0 N–H and O–H groups in total.